The summed E-state index contributed by atoms with van der Waals surface area (Å²) in [4.78, 5) is 32.3. The second kappa shape index (κ2) is 6.37. The first-order valence-electron chi connectivity index (χ1n) is 7.69. The number of carbonyl (C=O) groups is 2. The van der Waals surface area contributed by atoms with Gasteiger partial charge in [0.05, 0.1) is 22.7 Å². The molecule has 0 radical (unpaired) electrons. The second-order valence-electron chi connectivity index (χ2n) is 5.49. The number of hydrogen-bond donors (Lipinski definition) is 3. The number of nitrogens with zero attached hydrogens (tertiary/aromatic N) is 1. The summed E-state index contributed by atoms with van der Waals surface area (Å²) in [7, 11) is 0. The number of H-pyrrole nitrogens is 1. The third-order valence-corrected chi connectivity index (χ3v) is 4.85. The zero-order valence-corrected chi connectivity index (χ0v) is 13.9. The molecule has 0 bridgehead atoms. The molecule has 0 unspecified atom stereocenters. The number of hydrogen-bond acceptors (Lipinski definition) is 4. The molecule has 2 amide bonds. The highest BCUT2D eigenvalue weighted by atomic mass is 32.1. The van der Waals surface area contributed by atoms with Gasteiger partial charge in [0.15, 0.2) is 0 Å². The number of carbonyl (C=O) groups excluding carboxylic acids is 2. The van der Waals surface area contributed by atoms with E-state index in [2.05, 4.69) is 20.6 Å². The SMILES string of the molecule is O=C1Nc2sc(C(=O)NCc3ccccn3)cc2/C1=C/c1ccc[nH]1. The minimum atomic E-state index is -0.182. The molecule has 0 saturated heterocycles. The van der Waals surface area contributed by atoms with E-state index in [4.69, 9.17) is 0 Å². The predicted octanol–water partition coefficient (Wildman–Crippen LogP) is 2.89. The summed E-state index contributed by atoms with van der Waals surface area (Å²) in [5.74, 6) is -0.338. The van der Waals surface area contributed by atoms with Crippen LogP contribution in [0.1, 0.15) is 26.6 Å². The van der Waals surface area contributed by atoms with E-state index in [1.807, 2.05) is 30.3 Å². The predicted molar refractivity (Wildman–Crippen MR) is 97.0 cm³/mol. The van der Waals surface area contributed by atoms with Crippen LogP contribution < -0.4 is 10.6 Å². The zero-order chi connectivity index (χ0) is 17.2. The zero-order valence-electron chi connectivity index (χ0n) is 13.1. The van der Waals surface area contributed by atoms with Gasteiger partial charge in [0.1, 0.15) is 5.00 Å². The Morgan fingerprint density at radius 3 is 2.96 bits per heavy atom. The van der Waals surface area contributed by atoms with E-state index in [1.54, 1.807) is 24.5 Å². The van der Waals surface area contributed by atoms with Crippen LogP contribution >= 0.6 is 11.3 Å². The molecule has 0 fully saturated rings. The summed E-state index contributed by atoms with van der Waals surface area (Å²) in [6.45, 7) is 0.361. The van der Waals surface area contributed by atoms with Gasteiger partial charge >= 0.3 is 0 Å². The van der Waals surface area contributed by atoms with Crippen LogP contribution in [-0.2, 0) is 11.3 Å². The highest BCUT2D eigenvalue weighted by Crippen LogP contribution is 2.39. The van der Waals surface area contributed by atoms with Crippen LogP contribution in [0, 0.1) is 0 Å². The number of rotatable bonds is 4. The molecule has 0 spiro atoms. The Morgan fingerprint density at radius 1 is 1.28 bits per heavy atom. The van der Waals surface area contributed by atoms with Gasteiger partial charge in [0.2, 0.25) is 0 Å². The molecular weight excluding hydrogens is 336 g/mol. The molecule has 0 atom stereocenters. The third-order valence-electron chi connectivity index (χ3n) is 3.80. The van der Waals surface area contributed by atoms with Crippen molar-refractivity contribution in [3.63, 3.8) is 0 Å². The van der Waals surface area contributed by atoms with Crippen molar-refractivity contribution in [1.82, 2.24) is 15.3 Å². The van der Waals surface area contributed by atoms with Crippen LogP contribution in [0.25, 0.3) is 11.6 Å². The summed E-state index contributed by atoms with van der Waals surface area (Å²) < 4.78 is 0. The number of thiophene rings is 1. The molecule has 124 valence electrons. The molecular formula is C18H14N4O2S. The number of aromatic amines is 1. The highest BCUT2D eigenvalue weighted by Gasteiger charge is 2.28. The Kier molecular flexibility index (Phi) is 3.91. The van der Waals surface area contributed by atoms with Crippen LogP contribution in [0.4, 0.5) is 5.00 Å². The minimum absolute atomic E-state index is 0.156. The molecule has 3 aromatic heterocycles. The van der Waals surface area contributed by atoms with E-state index in [0.717, 1.165) is 17.0 Å². The van der Waals surface area contributed by atoms with E-state index < -0.39 is 0 Å². The minimum Gasteiger partial charge on any atom is -0.362 e. The van der Waals surface area contributed by atoms with Gasteiger partial charge in [-0.15, -0.1) is 11.3 Å². The number of anilines is 1. The first-order valence-corrected chi connectivity index (χ1v) is 8.51. The van der Waals surface area contributed by atoms with Gasteiger partial charge in [-0.05, 0) is 36.4 Å². The average Bonchev–Trinajstić information content (AvgIpc) is 3.33. The van der Waals surface area contributed by atoms with Crippen molar-refractivity contribution in [3.8, 4) is 0 Å². The molecule has 1 aliphatic heterocycles. The monoisotopic (exact) mass is 350 g/mol. The quantitative estimate of drug-likeness (QED) is 0.632. The molecule has 3 N–H and O–H groups in total. The van der Waals surface area contributed by atoms with Crippen molar-refractivity contribution in [2.24, 2.45) is 0 Å². The Labute approximate surface area is 147 Å². The molecule has 6 nitrogen and oxygen atoms in total. The Hall–Kier alpha value is -3.19. The summed E-state index contributed by atoms with van der Waals surface area (Å²) in [6.07, 6.45) is 5.27. The lowest BCUT2D eigenvalue weighted by molar-refractivity contribution is -0.110. The largest absolute Gasteiger partial charge is 0.362 e. The summed E-state index contributed by atoms with van der Waals surface area (Å²) >= 11 is 1.27. The molecule has 0 aliphatic carbocycles. The standard InChI is InChI=1S/C18H14N4O2S/c23-16-13(8-11-5-3-7-19-11)14-9-15(25-18(14)22-16)17(24)21-10-12-4-1-2-6-20-12/h1-9,19H,10H2,(H,21,24)(H,22,23)/b13-8-. The Balaban J connectivity index is 1.53. The molecule has 25 heavy (non-hydrogen) atoms. The van der Waals surface area contributed by atoms with Gasteiger partial charge in [0, 0.05) is 23.7 Å². The van der Waals surface area contributed by atoms with Gasteiger partial charge in [-0.2, -0.15) is 0 Å². The first kappa shape index (κ1) is 15.3. The summed E-state index contributed by atoms with van der Waals surface area (Å²) in [6, 6.07) is 11.1. The maximum absolute atomic E-state index is 12.4. The number of aromatic nitrogens is 2. The fourth-order valence-electron chi connectivity index (χ4n) is 2.58. The number of amides is 2. The van der Waals surface area contributed by atoms with Gasteiger partial charge in [-0.25, -0.2) is 0 Å². The van der Waals surface area contributed by atoms with Gasteiger partial charge in [0.25, 0.3) is 11.8 Å². The van der Waals surface area contributed by atoms with Crippen molar-refractivity contribution in [3.05, 3.63) is 70.6 Å². The van der Waals surface area contributed by atoms with Gasteiger partial charge in [-0.1, -0.05) is 6.07 Å². The molecule has 1 aliphatic rings. The number of nitrogens with one attached hydrogen (secondary N) is 3. The number of pyridine rings is 1. The van der Waals surface area contributed by atoms with Crippen molar-refractivity contribution < 1.29 is 9.59 Å². The smallest absolute Gasteiger partial charge is 0.261 e. The van der Waals surface area contributed by atoms with Crippen molar-refractivity contribution >= 4 is 39.8 Å². The lowest BCUT2D eigenvalue weighted by Crippen LogP contribution is -2.22. The van der Waals surface area contributed by atoms with Crippen molar-refractivity contribution in [2.45, 2.75) is 6.54 Å². The second-order valence-corrected chi connectivity index (χ2v) is 6.55. The van der Waals surface area contributed by atoms with Crippen molar-refractivity contribution in [2.75, 3.05) is 5.32 Å². The highest BCUT2D eigenvalue weighted by molar-refractivity contribution is 7.18. The first-order chi connectivity index (χ1) is 12.2. The topological polar surface area (TPSA) is 86.9 Å². The third kappa shape index (κ3) is 3.09. The van der Waals surface area contributed by atoms with Gasteiger partial charge < -0.3 is 15.6 Å². The van der Waals surface area contributed by atoms with Crippen molar-refractivity contribution in [1.29, 1.82) is 0 Å². The van der Waals surface area contributed by atoms with E-state index >= 15 is 0 Å². The molecule has 0 aromatic carbocycles. The Bertz CT molecular complexity index is 958. The molecule has 4 rings (SSSR count). The fourth-order valence-corrected chi connectivity index (χ4v) is 3.57. The van der Waals surface area contributed by atoms with E-state index in [9.17, 15) is 9.59 Å². The number of fused-ring (bicyclic) bond motifs is 1. The van der Waals surface area contributed by atoms with Crippen LogP contribution in [-0.4, -0.2) is 21.8 Å². The van der Waals surface area contributed by atoms with E-state index in [1.165, 1.54) is 11.3 Å². The van der Waals surface area contributed by atoms with Gasteiger partial charge in [-0.3, -0.25) is 14.6 Å². The molecule has 0 saturated carbocycles. The van der Waals surface area contributed by atoms with Crippen LogP contribution in [0.2, 0.25) is 0 Å². The van der Waals surface area contributed by atoms with E-state index in [-0.39, 0.29) is 11.8 Å². The summed E-state index contributed by atoms with van der Waals surface area (Å²) in [5.41, 5.74) is 2.94. The Morgan fingerprint density at radius 2 is 2.20 bits per heavy atom. The fraction of sp³-hybridized carbons (Fsp3) is 0.0556. The summed E-state index contributed by atoms with van der Waals surface area (Å²) in [5, 5.41) is 6.36. The van der Waals surface area contributed by atoms with Crippen LogP contribution in [0.5, 0.6) is 0 Å². The molecule has 7 heteroatoms. The maximum atomic E-state index is 12.4. The maximum Gasteiger partial charge on any atom is 0.261 e. The average molecular weight is 350 g/mol. The molecule has 4 heterocycles. The van der Waals surface area contributed by atoms with E-state index in [0.29, 0.717) is 22.0 Å². The van der Waals surface area contributed by atoms with Crippen LogP contribution in [0.3, 0.4) is 0 Å². The lowest BCUT2D eigenvalue weighted by Gasteiger charge is -2.03. The van der Waals surface area contributed by atoms with Crippen LogP contribution in [0.15, 0.2) is 48.8 Å². The molecule has 3 aromatic rings. The normalized spacial score (nSPS) is 14.4. The lowest BCUT2D eigenvalue weighted by atomic mass is 10.1.